The Morgan fingerprint density at radius 2 is 1.58 bits per heavy atom. The van der Waals surface area contributed by atoms with Crippen LogP contribution in [0.3, 0.4) is 0 Å². The van der Waals surface area contributed by atoms with E-state index >= 15 is 0 Å². The number of carbonyl (C=O) groups is 1. The lowest BCUT2D eigenvalue weighted by Gasteiger charge is -2.34. The second-order valence-electron chi connectivity index (χ2n) is 8.12. The van der Waals surface area contributed by atoms with Crippen molar-refractivity contribution < 1.29 is 44.7 Å². The van der Waals surface area contributed by atoms with Crippen molar-refractivity contribution in [3.63, 3.8) is 0 Å². The molecule has 36 heavy (non-hydrogen) atoms. The van der Waals surface area contributed by atoms with Crippen LogP contribution < -0.4 is 4.74 Å². The second-order valence-corrected chi connectivity index (χ2v) is 8.12. The molecule has 0 N–H and O–H groups in total. The molecule has 1 aromatic heterocycles. The van der Waals surface area contributed by atoms with Crippen molar-refractivity contribution in [1.29, 1.82) is 0 Å². The zero-order chi connectivity index (χ0) is 26.0. The van der Waals surface area contributed by atoms with E-state index in [1.807, 2.05) is 4.90 Å². The van der Waals surface area contributed by atoms with Gasteiger partial charge in [0.25, 0.3) is 5.91 Å². The van der Waals surface area contributed by atoms with Gasteiger partial charge in [0.05, 0.1) is 5.56 Å². The van der Waals surface area contributed by atoms with Crippen molar-refractivity contribution in [2.24, 2.45) is 0 Å². The van der Waals surface area contributed by atoms with Gasteiger partial charge in [0.15, 0.2) is 23.1 Å². The zero-order valence-corrected chi connectivity index (χ0v) is 18.5. The molecular formula is C24H19F7N2O3. The molecule has 0 unspecified atom stereocenters. The highest BCUT2D eigenvalue weighted by Gasteiger charge is 2.31. The topological polar surface area (TPSA) is 45.9 Å². The van der Waals surface area contributed by atoms with E-state index in [1.165, 1.54) is 23.1 Å². The van der Waals surface area contributed by atoms with Crippen molar-refractivity contribution in [3.05, 3.63) is 88.4 Å². The number of alkyl halides is 3. The molecule has 4 rings (SSSR count). The lowest BCUT2D eigenvalue weighted by atomic mass is 10.1. The highest BCUT2D eigenvalue weighted by atomic mass is 19.4. The predicted octanol–water partition coefficient (Wildman–Crippen LogP) is 5.39. The Hall–Kier alpha value is -3.54. The summed E-state index contributed by atoms with van der Waals surface area (Å²) in [6.07, 6.45) is -4.43. The molecule has 1 amide bonds. The fourth-order valence-corrected chi connectivity index (χ4v) is 3.76. The molecule has 0 aliphatic carbocycles. The van der Waals surface area contributed by atoms with Crippen LogP contribution in [0.15, 0.2) is 46.9 Å². The first-order chi connectivity index (χ1) is 17.0. The summed E-state index contributed by atoms with van der Waals surface area (Å²) in [5.74, 6) is -8.42. The summed E-state index contributed by atoms with van der Waals surface area (Å²) in [5, 5.41) is 0. The molecule has 5 nitrogen and oxygen atoms in total. The fourth-order valence-electron chi connectivity index (χ4n) is 3.76. The highest BCUT2D eigenvalue weighted by molar-refractivity contribution is 5.91. The monoisotopic (exact) mass is 516 g/mol. The third kappa shape index (κ3) is 5.64. The molecule has 1 fully saturated rings. The molecule has 0 spiro atoms. The lowest BCUT2D eigenvalue weighted by Crippen LogP contribution is -2.48. The number of piperazine rings is 1. The number of furan rings is 1. The second kappa shape index (κ2) is 10.2. The molecule has 2 aromatic carbocycles. The quantitative estimate of drug-likeness (QED) is 0.326. The van der Waals surface area contributed by atoms with Crippen LogP contribution in [0.1, 0.15) is 27.4 Å². The Labute approximate surface area is 200 Å². The summed E-state index contributed by atoms with van der Waals surface area (Å²) in [6.45, 7) is 1.13. The van der Waals surface area contributed by atoms with Gasteiger partial charge in [-0.3, -0.25) is 9.69 Å². The first kappa shape index (κ1) is 25.5. The third-order valence-corrected chi connectivity index (χ3v) is 5.62. The van der Waals surface area contributed by atoms with Gasteiger partial charge in [-0.1, -0.05) is 18.2 Å². The number of halogens is 7. The Morgan fingerprint density at radius 3 is 2.22 bits per heavy atom. The van der Waals surface area contributed by atoms with Crippen LogP contribution in [0.5, 0.6) is 5.75 Å². The van der Waals surface area contributed by atoms with Crippen molar-refractivity contribution in [3.8, 4) is 5.75 Å². The average molecular weight is 516 g/mol. The smallest absolute Gasteiger partial charge is 0.416 e. The van der Waals surface area contributed by atoms with Crippen LogP contribution in [0.25, 0.3) is 0 Å². The average Bonchev–Trinajstić information content (AvgIpc) is 3.31. The maximum Gasteiger partial charge on any atom is 0.416 e. The van der Waals surface area contributed by atoms with Gasteiger partial charge in [-0.15, -0.1) is 0 Å². The summed E-state index contributed by atoms with van der Waals surface area (Å²) in [4.78, 5) is 16.1. The van der Waals surface area contributed by atoms with Crippen LogP contribution in [0.2, 0.25) is 0 Å². The van der Waals surface area contributed by atoms with Crippen LogP contribution in [-0.4, -0.2) is 41.9 Å². The molecule has 192 valence electrons. The van der Waals surface area contributed by atoms with Gasteiger partial charge in [-0.2, -0.15) is 22.0 Å². The molecule has 1 aliphatic heterocycles. The minimum absolute atomic E-state index is 0.00926. The summed E-state index contributed by atoms with van der Waals surface area (Å²) in [5.41, 5.74) is -0.217. The van der Waals surface area contributed by atoms with E-state index in [2.05, 4.69) is 0 Å². The first-order valence-electron chi connectivity index (χ1n) is 10.7. The lowest BCUT2D eigenvalue weighted by molar-refractivity contribution is -0.137. The van der Waals surface area contributed by atoms with Gasteiger partial charge < -0.3 is 14.1 Å². The normalized spacial score (nSPS) is 14.8. The Morgan fingerprint density at radius 1 is 0.917 bits per heavy atom. The van der Waals surface area contributed by atoms with Crippen molar-refractivity contribution in [2.45, 2.75) is 19.3 Å². The Kier molecular flexibility index (Phi) is 7.25. The van der Waals surface area contributed by atoms with Gasteiger partial charge in [0.1, 0.15) is 12.4 Å². The SMILES string of the molecule is O=C(c1ccc(COc2c(F)c(F)cc(F)c2F)o1)N1CCN(Cc2cccc(C(F)(F)F)c2)CC1. The van der Waals surface area contributed by atoms with Crippen molar-refractivity contribution in [2.75, 3.05) is 26.2 Å². The van der Waals surface area contributed by atoms with Gasteiger partial charge in [0, 0.05) is 38.8 Å². The summed E-state index contributed by atoms with van der Waals surface area (Å²) < 4.78 is 103. The van der Waals surface area contributed by atoms with E-state index < -0.39 is 53.3 Å². The van der Waals surface area contributed by atoms with E-state index in [-0.39, 0.29) is 17.6 Å². The predicted molar refractivity (Wildman–Crippen MR) is 112 cm³/mol. The minimum atomic E-state index is -4.43. The minimum Gasteiger partial charge on any atom is -0.479 e. The molecule has 0 radical (unpaired) electrons. The fraction of sp³-hybridized carbons (Fsp3) is 0.292. The zero-order valence-electron chi connectivity index (χ0n) is 18.5. The third-order valence-electron chi connectivity index (χ3n) is 5.62. The molecule has 0 saturated carbocycles. The highest BCUT2D eigenvalue weighted by Crippen LogP contribution is 2.30. The molecule has 12 heteroatoms. The number of hydrogen-bond donors (Lipinski definition) is 0. The summed E-state index contributed by atoms with van der Waals surface area (Å²) in [6, 6.07) is 7.77. The van der Waals surface area contributed by atoms with E-state index in [9.17, 15) is 35.5 Å². The van der Waals surface area contributed by atoms with E-state index in [0.29, 0.717) is 38.3 Å². The number of carbonyl (C=O) groups excluding carboxylic acids is 1. The molecule has 1 aliphatic rings. The number of benzene rings is 2. The molecule has 2 heterocycles. The van der Waals surface area contributed by atoms with Crippen LogP contribution in [0, 0.1) is 23.3 Å². The molecule has 1 saturated heterocycles. The number of amides is 1. The molecular weight excluding hydrogens is 497 g/mol. The van der Waals surface area contributed by atoms with Crippen molar-refractivity contribution >= 4 is 5.91 Å². The summed E-state index contributed by atoms with van der Waals surface area (Å²) in [7, 11) is 0. The molecule has 0 bridgehead atoms. The molecule has 3 aromatic rings. The van der Waals surface area contributed by atoms with E-state index in [0.717, 1.165) is 12.1 Å². The van der Waals surface area contributed by atoms with Gasteiger partial charge in [0.2, 0.25) is 11.6 Å². The van der Waals surface area contributed by atoms with Crippen molar-refractivity contribution in [1.82, 2.24) is 9.80 Å². The number of nitrogens with zero attached hydrogens (tertiary/aromatic N) is 2. The largest absolute Gasteiger partial charge is 0.479 e. The Balaban J connectivity index is 1.32. The first-order valence-corrected chi connectivity index (χ1v) is 10.7. The summed E-state index contributed by atoms with van der Waals surface area (Å²) >= 11 is 0. The van der Waals surface area contributed by atoms with Gasteiger partial charge >= 0.3 is 6.18 Å². The number of ether oxygens (including phenoxy) is 1. The maximum absolute atomic E-state index is 13.7. The standard InChI is InChI=1S/C24H19F7N2O3/c25-17-11-18(26)21(28)22(20(17)27)35-13-16-4-5-19(36-16)23(34)33-8-6-32(7-9-33)12-14-2-1-3-15(10-14)24(29,30)31/h1-5,10-11H,6-9,12-13H2. The van der Waals surface area contributed by atoms with Gasteiger partial charge in [-0.25, -0.2) is 8.78 Å². The van der Waals surface area contributed by atoms with E-state index in [1.54, 1.807) is 6.07 Å². The van der Waals surface area contributed by atoms with Crippen LogP contribution in [-0.2, 0) is 19.3 Å². The van der Waals surface area contributed by atoms with E-state index in [4.69, 9.17) is 9.15 Å². The Bertz CT molecular complexity index is 1220. The van der Waals surface area contributed by atoms with Crippen LogP contribution >= 0.6 is 0 Å². The number of hydrogen-bond acceptors (Lipinski definition) is 4. The van der Waals surface area contributed by atoms with Crippen LogP contribution in [0.4, 0.5) is 30.7 Å². The van der Waals surface area contributed by atoms with Gasteiger partial charge in [-0.05, 0) is 23.8 Å². The maximum atomic E-state index is 13.7. The number of rotatable bonds is 6. The molecule has 0 atom stereocenters.